The largest absolute Gasteiger partial charge is 0.374 e. The summed E-state index contributed by atoms with van der Waals surface area (Å²) in [5.74, 6) is 0. The average Bonchev–Trinajstić information content (AvgIpc) is 2.84. The van der Waals surface area contributed by atoms with Gasteiger partial charge in [-0.1, -0.05) is 35.1 Å². The Morgan fingerprint density at radius 1 is 1.37 bits per heavy atom. The predicted molar refractivity (Wildman–Crippen MR) is 78.6 cm³/mol. The maximum atomic E-state index is 5.92. The van der Waals surface area contributed by atoms with Crippen LogP contribution in [0.4, 0.5) is 5.00 Å². The van der Waals surface area contributed by atoms with Gasteiger partial charge in [-0.3, -0.25) is 0 Å². The first-order valence-electron chi connectivity index (χ1n) is 6.17. The Balaban J connectivity index is 1.84. The molecule has 0 radical (unpaired) electrons. The Bertz CT molecular complexity index is 518. The minimum absolute atomic E-state index is 0.453. The molecule has 1 aromatic carbocycles. The van der Waals surface area contributed by atoms with Gasteiger partial charge >= 0.3 is 0 Å². The molecule has 0 atom stereocenters. The summed E-state index contributed by atoms with van der Waals surface area (Å²) in [6, 6.07) is 7.65. The number of hydrogen-bond acceptors (Lipinski definition) is 5. The number of nitrogens with one attached hydrogen (secondary N) is 1. The van der Waals surface area contributed by atoms with Crippen molar-refractivity contribution < 1.29 is 4.74 Å². The molecule has 1 aromatic heterocycles. The van der Waals surface area contributed by atoms with Gasteiger partial charge in [-0.15, -0.1) is 5.10 Å². The number of benzene rings is 1. The molecule has 0 unspecified atom stereocenters. The number of rotatable bonds is 7. The molecule has 0 amide bonds. The Kier molecular flexibility index (Phi) is 5.57. The molecule has 0 saturated carbocycles. The van der Waals surface area contributed by atoms with Crippen LogP contribution < -0.4 is 5.32 Å². The van der Waals surface area contributed by atoms with Crippen molar-refractivity contribution in [2.75, 3.05) is 11.9 Å². The lowest BCUT2D eigenvalue weighted by Crippen LogP contribution is -2.02. The third-order valence-corrected chi connectivity index (χ3v) is 3.45. The molecule has 0 aliphatic heterocycles. The van der Waals surface area contributed by atoms with E-state index in [1.807, 2.05) is 24.3 Å². The molecule has 19 heavy (non-hydrogen) atoms. The maximum absolute atomic E-state index is 5.92. The molecule has 0 spiro atoms. The van der Waals surface area contributed by atoms with Crippen LogP contribution in [0.5, 0.6) is 0 Å². The smallest absolute Gasteiger partial charge is 0.135 e. The van der Waals surface area contributed by atoms with E-state index < -0.39 is 0 Å². The lowest BCUT2D eigenvalue weighted by Gasteiger charge is -2.05. The van der Waals surface area contributed by atoms with Gasteiger partial charge in [0.1, 0.15) is 10.7 Å². The lowest BCUT2D eigenvalue weighted by atomic mass is 10.2. The van der Waals surface area contributed by atoms with Gasteiger partial charge in [0.05, 0.1) is 13.2 Å². The van der Waals surface area contributed by atoms with Crippen molar-refractivity contribution in [1.82, 2.24) is 9.59 Å². The standard InChI is InChI=1S/C13H16ClN3OS/c1-2-6-15-13-12(16-17-19-13)9-18-8-10-4-3-5-11(14)7-10/h3-5,7,15H,2,6,8-9H2,1H3. The second-order valence-corrected chi connectivity index (χ2v) is 5.29. The van der Waals surface area contributed by atoms with Crippen LogP contribution in [0.1, 0.15) is 24.6 Å². The molecule has 0 fully saturated rings. The summed E-state index contributed by atoms with van der Waals surface area (Å²) in [6.07, 6.45) is 1.07. The third-order valence-electron chi connectivity index (χ3n) is 2.49. The van der Waals surface area contributed by atoms with Crippen LogP contribution in [0.2, 0.25) is 5.02 Å². The van der Waals surface area contributed by atoms with E-state index in [-0.39, 0.29) is 0 Å². The number of aromatic nitrogens is 2. The average molecular weight is 298 g/mol. The fraction of sp³-hybridized carbons (Fsp3) is 0.385. The first-order valence-corrected chi connectivity index (χ1v) is 7.32. The summed E-state index contributed by atoms with van der Waals surface area (Å²) < 4.78 is 9.59. The van der Waals surface area contributed by atoms with E-state index in [0.29, 0.717) is 13.2 Å². The molecule has 6 heteroatoms. The molecule has 0 aliphatic carbocycles. The zero-order valence-corrected chi connectivity index (χ0v) is 12.3. The molecule has 2 rings (SSSR count). The van der Waals surface area contributed by atoms with Gasteiger partial charge in [0, 0.05) is 23.1 Å². The van der Waals surface area contributed by atoms with Gasteiger partial charge in [-0.2, -0.15) is 0 Å². The Hall–Kier alpha value is -1.17. The van der Waals surface area contributed by atoms with E-state index in [2.05, 4.69) is 21.8 Å². The molecule has 4 nitrogen and oxygen atoms in total. The highest BCUT2D eigenvalue weighted by molar-refractivity contribution is 7.10. The van der Waals surface area contributed by atoms with E-state index in [1.54, 1.807) is 0 Å². The summed E-state index contributed by atoms with van der Waals surface area (Å²) in [7, 11) is 0. The zero-order valence-electron chi connectivity index (χ0n) is 10.7. The minimum atomic E-state index is 0.453. The van der Waals surface area contributed by atoms with Gasteiger partial charge < -0.3 is 10.1 Å². The summed E-state index contributed by atoms with van der Waals surface area (Å²) in [5, 5.41) is 9.08. The molecule has 2 aromatic rings. The molecule has 1 heterocycles. The number of ether oxygens (including phenoxy) is 1. The van der Waals surface area contributed by atoms with Crippen molar-refractivity contribution in [2.45, 2.75) is 26.6 Å². The predicted octanol–water partition coefficient (Wildman–Crippen LogP) is 3.73. The highest BCUT2D eigenvalue weighted by Gasteiger charge is 2.07. The Morgan fingerprint density at radius 3 is 3.05 bits per heavy atom. The van der Waals surface area contributed by atoms with Crippen LogP contribution in [0.3, 0.4) is 0 Å². The van der Waals surface area contributed by atoms with Gasteiger partial charge in [0.25, 0.3) is 0 Å². The topological polar surface area (TPSA) is 47.0 Å². The second-order valence-electron chi connectivity index (χ2n) is 4.10. The maximum Gasteiger partial charge on any atom is 0.135 e. The van der Waals surface area contributed by atoms with Crippen LogP contribution in [0.25, 0.3) is 0 Å². The minimum Gasteiger partial charge on any atom is -0.374 e. The molecule has 1 N–H and O–H groups in total. The lowest BCUT2D eigenvalue weighted by molar-refractivity contribution is 0.105. The van der Waals surface area contributed by atoms with Crippen LogP contribution in [0.15, 0.2) is 24.3 Å². The van der Waals surface area contributed by atoms with Crippen molar-refractivity contribution in [3.8, 4) is 0 Å². The second kappa shape index (κ2) is 7.43. The fourth-order valence-electron chi connectivity index (χ4n) is 1.57. The van der Waals surface area contributed by atoms with E-state index in [1.165, 1.54) is 11.5 Å². The van der Waals surface area contributed by atoms with Crippen LogP contribution in [-0.2, 0) is 18.0 Å². The number of hydrogen-bond donors (Lipinski definition) is 1. The highest BCUT2D eigenvalue weighted by Crippen LogP contribution is 2.19. The molecular weight excluding hydrogens is 282 g/mol. The van der Waals surface area contributed by atoms with Gasteiger partial charge in [-0.05, 0) is 24.1 Å². The summed E-state index contributed by atoms with van der Waals surface area (Å²) in [6.45, 7) is 4.02. The SMILES string of the molecule is CCCNc1snnc1COCc1cccc(Cl)c1. The summed E-state index contributed by atoms with van der Waals surface area (Å²) in [4.78, 5) is 0. The fourth-order valence-corrected chi connectivity index (χ4v) is 2.37. The van der Waals surface area contributed by atoms with Crippen molar-refractivity contribution in [3.05, 3.63) is 40.5 Å². The first kappa shape index (κ1) is 14.2. The Labute approximate surface area is 121 Å². The van der Waals surface area contributed by atoms with E-state index >= 15 is 0 Å². The number of anilines is 1. The number of halogens is 1. The van der Waals surface area contributed by atoms with Crippen molar-refractivity contribution >= 4 is 28.1 Å². The summed E-state index contributed by atoms with van der Waals surface area (Å²) in [5.41, 5.74) is 1.92. The van der Waals surface area contributed by atoms with Crippen molar-refractivity contribution in [2.24, 2.45) is 0 Å². The third kappa shape index (κ3) is 4.45. The van der Waals surface area contributed by atoms with Crippen molar-refractivity contribution in [3.63, 3.8) is 0 Å². The van der Waals surface area contributed by atoms with Crippen molar-refractivity contribution in [1.29, 1.82) is 0 Å². The first-order chi connectivity index (χ1) is 9.29. The quantitative estimate of drug-likeness (QED) is 0.846. The monoisotopic (exact) mass is 297 g/mol. The van der Waals surface area contributed by atoms with Gasteiger partial charge in [-0.25, -0.2) is 0 Å². The van der Waals surface area contributed by atoms with Gasteiger partial charge in [0.15, 0.2) is 0 Å². The van der Waals surface area contributed by atoms with E-state index in [0.717, 1.165) is 34.2 Å². The normalized spacial score (nSPS) is 10.6. The molecular formula is C13H16ClN3OS. The van der Waals surface area contributed by atoms with Crippen LogP contribution in [0, 0.1) is 0 Å². The van der Waals surface area contributed by atoms with E-state index in [9.17, 15) is 0 Å². The molecule has 0 aliphatic rings. The molecule has 0 saturated heterocycles. The van der Waals surface area contributed by atoms with Crippen LogP contribution in [-0.4, -0.2) is 16.1 Å². The molecule has 102 valence electrons. The number of nitrogens with zero attached hydrogens (tertiary/aromatic N) is 2. The Morgan fingerprint density at radius 2 is 2.26 bits per heavy atom. The summed E-state index contributed by atoms with van der Waals surface area (Å²) >= 11 is 7.28. The van der Waals surface area contributed by atoms with Gasteiger partial charge in [0.2, 0.25) is 0 Å². The highest BCUT2D eigenvalue weighted by atomic mass is 35.5. The van der Waals surface area contributed by atoms with E-state index in [4.69, 9.17) is 16.3 Å². The molecule has 0 bridgehead atoms. The zero-order chi connectivity index (χ0) is 13.5. The van der Waals surface area contributed by atoms with Crippen LogP contribution >= 0.6 is 23.1 Å².